The monoisotopic (exact) mass is 453 g/mol. The fourth-order valence-corrected chi connectivity index (χ4v) is 4.10. The SMILES string of the molecule is CCc1ccc(NC(=O)c2nnc(COC(=O)c3nc(SC)n4ccccc34)s2)cc1. The van der Waals surface area contributed by atoms with Gasteiger partial charge in [0.1, 0.15) is 6.61 Å². The van der Waals surface area contributed by atoms with Gasteiger partial charge >= 0.3 is 5.97 Å². The molecule has 3 heterocycles. The molecule has 31 heavy (non-hydrogen) atoms. The average Bonchev–Trinajstić information content (AvgIpc) is 3.43. The molecule has 8 nitrogen and oxygen atoms in total. The van der Waals surface area contributed by atoms with E-state index >= 15 is 0 Å². The van der Waals surface area contributed by atoms with Gasteiger partial charge in [0.25, 0.3) is 5.91 Å². The molecule has 0 aliphatic rings. The number of fused-ring (bicyclic) bond motifs is 1. The Hall–Kier alpha value is -3.24. The number of hydrogen-bond acceptors (Lipinski definition) is 8. The number of aromatic nitrogens is 4. The Labute approximate surface area is 186 Å². The van der Waals surface area contributed by atoms with Crippen LogP contribution in [0.2, 0.25) is 0 Å². The molecule has 0 unspecified atom stereocenters. The van der Waals surface area contributed by atoms with Gasteiger partial charge in [-0.05, 0) is 42.5 Å². The summed E-state index contributed by atoms with van der Waals surface area (Å²) in [5.74, 6) is -0.912. The number of esters is 1. The maximum Gasteiger partial charge on any atom is 0.359 e. The van der Waals surface area contributed by atoms with Crippen LogP contribution in [0.1, 0.15) is 37.8 Å². The number of ether oxygens (including phenoxy) is 1. The first-order valence-corrected chi connectivity index (χ1v) is 11.5. The third-order valence-electron chi connectivity index (χ3n) is 4.50. The normalized spacial score (nSPS) is 10.9. The van der Waals surface area contributed by atoms with Crippen molar-refractivity contribution in [3.63, 3.8) is 0 Å². The molecule has 1 aromatic carbocycles. The highest BCUT2D eigenvalue weighted by Gasteiger charge is 2.20. The van der Waals surface area contributed by atoms with E-state index in [9.17, 15) is 9.59 Å². The summed E-state index contributed by atoms with van der Waals surface area (Å²) in [4.78, 5) is 29.3. The van der Waals surface area contributed by atoms with E-state index in [-0.39, 0.29) is 23.2 Å². The van der Waals surface area contributed by atoms with E-state index in [0.717, 1.165) is 17.8 Å². The minimum Gasteiger partial charge on any atom is -0.453 e. The predicted octanol–water partition coefficient (Wildman–Crippen LogP) is 4.08. The molecule has 0 fully saturated rings. The molecule has 0 spiro atoms. The Kier molecular flexibility index (Phi) is 6.28. The van der Waals surface area contributed by atoms with Gasteiger partial charge in [0.15, 0.2) is 15.9 Å². The second kappa shape index (κ2) is 9.27. The molecule has 0 radical (unpaired) electrons. The Balaban J connectivity index is 1.40. The first kappa shape index (κ1) is 21.0. The summed E-state index contributed by atoms with van der Waals surface area (Å²) >= 11 is 2.52. The van der Waals surface area contributed by atoms with E-state index in [4.69, 9.17) is 4.74 Å². The van der Waals surface area contributed by atoms with Crippen LogP contribution in [0.5, 0.6) is 0 Å². The highest BCUT2D eigenvalue weighted by atomic mass is 32.2. The number of nitrogens with one attached hydrogen (secondary N) is 1. The molecular formula is C21H19N5O3S2. The van der Waals surface area contributed by atoms with Gasteiger partial charge in [-0.3, -0.25) is 9.20 Å². The minimum absolute atomic E-state index is 0.0879. The van der Waals surface area contributed by atoms with E-state index in [1.165, 1.54) is 17.3 Å². The summed E-state index contributed by atoms with van der Waals surface area (Å²) in [7, 11) is 0. The van der Waals surface area contributed by atoms with Gasteiger partial charge in [-0.15, -0.1) is 10.2 Å². The molecule has 0 atom stereocenters. The molecule has 4 aromatic rings. The highest BCUT2D eigenvalue weighted by Crippen LogP contribution is 2.21. The van der Waals surface area contributed by atoms with Crippen molar-refractivity contribution in [3.05, 3.63) is 69.9 Å². The molecule has 1 N–H and O–H groups in total. The number of amides is 1. The maximum atomic E-state index is 12.6. The lowest BCUT2D eigenvalue weighted by atomic mass is 10.1. The number of imidazole rings is 1. The fourth-order valence-electron chi connectivity index (χ4n) is 2.91. The zero-order chi connectivity index (χ0) is 21.8. The molecular weight excluding hydrogens is 434 g/mol. The van der Waals surface area contributed by atoms with Crippen LogP contribution in [0.4, 0.5) is 5.69 Å². The van der Waals surface area contributed by atoms with Crippen molar-refractivity contribution in [2.24, 2.45) is 0 Å². The van der Waals surface area contributed by atoms with Gasteiger partial charge in [-0.1, -0.05) is 48.2 Å². The van der Waals surface area contributed by atoms with Crippen LogP contribution in [-0.4, -0.2) is 37.7 Å². The van der Waals surface area contributed by atoms with E-state index in [1.807, 2.05) is 59.3 Å². The van der Waals surface area contributed by atoms with Crippen molar-refractivity contribution in [3.8, 4) is 0 Å². The second-order valence-corrected chi connectivity index (χ2v) is 8.32. The number of rotatable bonds is 7. The number of aryl methyl sites for hydroxylation is 1. The molecule has 0 aliphatic carbocycles. The van der Waals surface area contributed by atoms with Crippen molar-refractivity contribution in [1.29, 1.82) is 0 Å². The predicted molar refractivity (Wildman–Crippen MR) is 120 cm³/mol. The molecule has 1 amide bonds. The number of thioether (sulfide) groups is 1. The van der Waals surface area contributed by atoms with Gasteiger partial charge in [-0.2, -0.15) is 0 Å². The summed E-state index contributed by atoms with van der Waals surface area (Å²) in [5.41, 5.74) is 2.78. The maximum absolute atomic E-state index is 12.6. The number of nitrogens with zero attached hydrogens (tertiary/aromatic N) is 4. The van der Waals surface area contributed by atoms with Crippen LogP contribution in [0.25, 0.3) is 5.52 Å². The van der Waals surface area contributed by atoms with Crippen LogP contribution in [0.15, 0.2) is 53.8 Å². The number of hydrogen-bond donors (Lipinski definition) is 1. The van der Waals surface area contributed by atoms with E-state index in [2.05, 4.69) is 27.4 Å². The van der Waals surface area contributed by atoms with Crippen molar-refractivity contribution >= 4 is 46.2 Å². The summed E-state index contributed by atoms with van der Waals surface area (Å²) in [6.07, 6.45) is 4.67. The van der Waals surface area contributed by atoms with E-state index in [1.54, 1.807) is 0 Å². The van der Waals surface area contributed by atoms with Crippen LogP contribution in [0.3, 0.4) is 0 Å². The smallest absolute Gasteiger partial charge is 0.359 e. The second-order valence-electron chi connectivity index (χ2n) is 6.48. The largest absolute Gasteiger partial charge is 0.453 e. The number of carbonyl (C=O) groups excluding carboxylic acids is 2. The Morgan fingerprint density at radius 2 is 1.97 bits per heavy atom. The molecule has 0 aliphatic heterocycles. The van der Waals surface area contributed by atoms with E-state index in [0.29, 0.717) is 21.4 Å². The van der Waals surface area contributed by atoms with Crippen molar-refractivity contribution in [2.75, 3.05) is 11.6 Å². The lowest BCUT2D eigenvalue weighted by molar-refractivity contribution is 0.0467. The number of anilines is 1. The summed E-state index contributed by atoms with van der Waals surface area (Å²) in [6, 6.07) is 13.1. The van der Waals surface area contributed by atoms with Gasteiger partial charge in [0, 0.05) is 11.9 Å². The van der Waals surface area contributed by atoms with Gasteiger partial charge in [0.2, 0.25) is 5.01 Å². The molecule has 158 valence electrons. The van der Waals surface area contributed by atoms with Crippen LogP contribution >= 0.6 is 23.1 Å². The van der Waals surface area contributed by atoms with Gasteiger partial charge < -0.3 is 10.1 Å². The molecule has 10 heteroatoms. The fraction of sp³-hybridized carbons (Fsp3) is 0.190. The van der Waals surface area contributed by atoms with Crippen molar-refractivity contribution in [1.82, 2.24) is 19.6 Å². The van der Waals surface area contributed by atoms with Gasteiger partial charge in [0.05, 0.1) is 5.52 Å². The quantitative estimate of drug-likeness (QED) is 0.332. The molecule has 0 bridgehead atoms. The van der Waals surface area contributed by atoms with Crippen LogP contribution in [-0.2, 0) is 17.8 Å². The Morgan fingerprint density at radius 1 is 1.16 bits per heavy atom. The molecule has 3 aromatic heterocycles. The van der Waals surface area contributed by atoms with Crippen LogP contribution in [0, 0.1) is 0 Å². The number of benzene rings is 1. The number of pyridine rings is 1. The highest BCUT2D eigenvalue weighted by molar-refractivity contribution is 7.98. The average molecular weight is 454 g/mol. The number of carbonyl (C=O) groups is 2. The standard InChI is InChI=1S/C21H19N5O3S2/c1-3-13-7-9-14(10-8-13)22-18(27)19-25-24-16(31-19)12-29-20(28)17-15-6-4-5-11-26(15)21(23-17)30-2/h4-11H,3,12H2,1-2H3,(H,22,27). The van der Waals surface area contributed by atoms with Crippen LogP contribution < -0.4 is 5.32 Å². The van der Waals surface area contributed by atoms with Crippen molar-refractivity contribution < 1.29 is 14.3 Å². The summed E-state index contributed by atoms with van der Waals surface area (Å²) < 4.78 is 7.20. The lowest BCUT2D eigenvalue weighted by Crippen LogP contribution is -2.11. The first-order chi connectivity index (χ1) is 15.1. The minimum atomic E-state index is -0.554. The summed E-state index contributed by atoms with van der Waals surface area (Å²) in [6.45, 7) is 1.98. The topological polar surface area (TPSA) is 98.5 Å². The molecule has 4 rings (SSSR count). The third-order valence-corrected chi connectivity index (χ3v) is 6.05. The zero-order valence-electron chi connectivity index (χ0n) is 16.9. The Morgan fingerprint density at radius 3 is 2.71 bits per heavy atom. The van der Waals surface area contributed by atoms with Crippen molar-refractivity contribution in [2.45, 2.75) is 25.1 Å². The van der Waals surface area contributed by atoms with E-state index < -0.39 is 5.97 Å². The zero-order valence-corrected chi connectivity index (χ0v) is 18.5. The van der Waals surface area contributed by atoms with Gasteiger partial charge in [-0.25, -0.2) is 9.78 Å². The summed E-state index contributed by atoms with van der Waals surface area (Å²) in [5, 5.41) is 12.0. The molecule has 0 saturated carbocycles. The molecule has 0 saturated heterocycles. The Bertz CT molecular complexity index is 1230. The first-order valence-electron chi connectivity index (χ1n) is 9.50. The third kappa shape index (κ3) is 4.59. The lowest BCUT2D eigenvalue weighted by Gasteiger charge is -2.03.